The molecule has 0 atom stereocenters. The molecule has 0 aliphatic carbocycles. The van der Waals surface area contributed by atoms with Crippen molar-refractivity contribution < 1.29 is 4.74 Å². The van der Waals surface area contributed by atoms with Crippen LogP contribution >= 0.6 is 0 Å². The van der Waals surface area contributed by atoms with Crippen molar-refractivity contribution in [2.75, 3.05) is 0 Å². The lowest BCUT2D eigenvalue weighted by Crippen LogP contribution is -2.07. The number of rotatable bonds is 4. The molecule has 1 aromatic carbocycles. The first kappa shape index (κ1) is 11.1. The smallest absolute Gasteiger partial charge is 0.120 e. The van der Waals surface area contributed by atoms with Crippen molar-refractivity contribution in [3.63, 3.8) is 0 Å². The van der Waals surface area contributed by atoms with Gasteiger partial charge in [-0.15, -0.1) is 0 Å². The fourth-order valence-electron chi connectivity index (χ4n) is 1.39. The molecule has 2 heteroatoms. The standard InChI is InChI=1S/C12H18NO/c1-4-10-5-6-12(14-9(2)3)7-11(10)8-13/h4-7,9H,8,13H2,1-3H3. The van der Waals surface area contributed by atoms with Gasteiger partial charge in [0.2, 0.25) is 0 Å². The lowest BCUT2D eigenvalue weighted by atomic mass is 10.1. The minimum Gasteiger partial charge on any atom is -0.491 e. The van der Waals surface area contributed by atoms with Crippen molar-refractivity contribution in [3.8, 4) is 5.75 Å². The molecule has 1 aromatic rings. The molecule has 0 fully saturated rings. The Bertz CT molecular complexity index is 294. The van der Waals surface area contributed by atoms with Gasteiger partial charge in [0.15, 0.2) is 0 Å². The molecule has 0 saturated heterocycles. The SMILES string of the molecule is C[CH]c1ccc(OC(C)C)cc1CN. The predicted molar refractivity (Wildman–Crippen MR) is 59.2 cm³/mol. The largest absolute Gasteiger partial charge is 0.491 e. The van der Waals surface area contributed by atoms with Crippen LogP contribution in [-0.4, -0.2) is 6.10 Å². The quantitative estimate of drug-likeness (QED) is 0.795. The molecule has 0 bridgehead atoms. The summed E-state index contributed by atoms with van der Waals surface area (Å²) in [6.45, 7) is 6.59. The first-order chi connectivity index (χ1) is 6.67. The van der Waals surface area contributed by atoms with Crippen molar-refractivity contribution in [1.82, 2.24) is 0 Å². The van der Waals surface area contributed by atoms with E-state index in [1.165, 1.54) is 5.56 Å². The maximum Gasteiger partial charge on any atom is 0.120 e. The highest BCUT2D eigenvalue weighted by Crippen LogP contribution is 2.19. The summed E-state index contributed by atoms with van der Waals surface area (Å²) in [5.74, 6) is 0.894. The summed E-state index contributed by atoms with van der Waals surface area (Å²) in [6.07, 6.45) is 2.26. The number of nitrogens with two attached hydrogens (primary N) is 1. The molecule has 0 unspecified atom stereocenters. The third-order valence-electron chi connectivity index (χ3n) is 2.02. The van der Waals surface area contributed by atoms with E-state index in [0.717, 1.165) is 11.3 Å². The topological polar surface area (TPSA) is 35.2 Å². The Morgan fingerprint density at radius 2 is 2.14 bits per heavy atom. The van der Waals surface area contributed by atoms with Gasteiger partial charge in [0, 0.05) is 6.54 Å². The van der Waals surface area contributed by atoms with Gasteiger partial charge >= 0.3 is 0 Å². The van der Waals surface area contributed by atoms with Gasteiger partial charge in [-0.25, -0.2) is 0 Å². The number of ether oxygens (including phenoxy) is 1. The van der Waals surface area contributed by atoms with Crippen LogP contribution in [0.2, 0.25) is 0 Å². The van der Waals surface area contributed by atoms with Gasteiger partial charge in [-0.1, -0.05) is 13.0 Å². The molecule has 0 aromatic heterocycles. The highest BCUT2D eigenvalue weighted by Gasteiger charge is 2.03. The van der Waals surface area contributed by atoms with E-state index in [0.29, 0.717) is 6.54 Å². The molecule has 1 radical (unpaired) electrons. The molecule has 14 heavy (non-hydrogen) atoms. The second kappa shape index (κ2) is 5.01. The highest BCUT2D eigenvalue weighted by molar-refractivity contribution is 5.39. The molecule has 0 aliphatic rings. The van der Waals surface area contributed by atoms with E-state index in [9.17, 15) is 0 Å². The Kier molecular flexibility index (Phi) is 3.96. The Hall–Kier alpha value is -1.02. The van der Waals surface area contributed by atoms with Crippen molar-refractivity contribution in [3.05, 3.63) is 35.7 Å². The predicted octanol–water partition coefficient (Wildman–Crippen LogP) is 2.50. The summed E-state index contributed by atoms with van der Waals surface area (Å²) in [4.78, 5) is 0. The van der Waals surface area contributed by atoms with Gasteiger partial charge in [0.25, 0.3) is 0 Å². The summed E-state index contributed by atoms with van der Waals surface area (Å²) >= 11 is 0. The molecule has 0 amide bonds. The first-order valence-electron chi connectivity index (χ1n) is 4.96. The number of hydrogen-bond acceptors (Lipinski definition) is 2. The van der Waals surface area contributed by atoms with E-state index >= 15 is 0 Å². The fourth-order valence-corrected chi connectivity index (χ4v) is 1.39. The second-order valence-electron chi connectivity index (χ2n) is 3.52. The van der Waals surface area contributed by atoms with Crippen molar-refractivity contribution >= 4 is 0 Å². The summed E-state index contributed by atoms with van der Waals surface area (Å²) in [7, 11) is 0. The van der Waals surface area contributed by atoms with Gasteiger partial charge in [-0.05, 0) is 43.5 Å². The molecule has 77 valence electrons. The first-order valence-corrected chi connectivity index (χ1v) is 4.96. The molecule has 0 spiro atoms. The fraction of sp³-hybridized carbons (Fsp3) is 0.417. The highest BCUT2D eigenvalue weighted by atomic mass is 16.5. The van der Waals surface area contributed by atoms with E-state index < -0.39 is 0 Å². The van der Waals surface area contributed by atoms with Gasteiger partial charge in [0.05, 0.1) is 6.10 Å². The average molecular weight is 192 g/mol. The van der Waals surface area contributed by atoms with Crippen LogP contribution in [-0.2, 0) is 6.54 Å². The van der Waals surface area contributed by atoms with Crippen LogP contribution in [0.4, 0.5) is 0 Å². The van der Waals surface area contributed by atoms with Crippen LogP contribution in [0.25, 0.3) is 0 Å². The van der Waals surface area contributed by atoms with Crippen molar-refractivity contribution in [2.24, 2.45) is 5.73 Å². The van der Waals surface area contributed by atoms with E-state index in [1.807, 2.05) is 39.0 Å². The second-order valence-corrected chi connectivity index (χ2v) is 3.52. The van der Waals surface area contributed by atoms with Gasteiger partial charge in [-0.2, -0.15) is 0 Å². The van der Waals surface area contributed by atoms with E-state index in [-0.39, 0.29) is 6.10 Å². The van der Waals surface area contributed by atoms with Crippen LogP contribution in [0, 0.1) is 6.42 Å². The minimum atomic E-state index is 0.206. The van der Waals surface area contributed by atoms with Crippen molar-refractivity contribution in [2.45, 2.75) is 33.4 Å². The zero-order valence-corrected chi connectivity index (χ0v) is 9.08. The Labute approximate surface area is 86.1 Å². The van der Waals surface area contributed by atoms with E-state index in [1.54, 1.807) is 0 Å². The molecule has 2 nitrogen and oxygen atoms in total. The number of benzene rings is 1. The zero-order valence-electron chi connectivity index (χ0n) is 9.08. The average Bonchev–Trinajstić information content (AvgIpc) is 2.16. The third kappa shape index (κ3) is 2.74. The summed E-state index contributed by atoms with van der Waals surface area (Å²) in [6, 6.07) is 6.03. The zero-order chi connectivity index (χ0) is 10.6. The lowest BCUT2D eigenvalue weighted by Gasteiger charge is -2.12. The van der Waals surface area contributed by atoms with Crippen LogP contribution in [0.5, 0.6) is 5.75 Å². The molecule has 0 heterocycles. The summed E-state index contributed by atoms with van der Waals surface area (Å²) in [5, 5.41) is 0. The Morgan fingerprint density at radius 1 is 1.43 bits per heavy atom. The molecule has 0 saturated carbocycles. The van der Waals surface area contributed by atoms with Gasteiger partial charge in [-0.3, -0.25) is 0 Å². The molecular formula is C12H18NO. The summed E-state index contributed by atoms with van der Waals surface area (Å²) in [5.41, 5.74) is 7.96. The Morgan fingerprint density at radius 3 is 2.64 bits per heavy atom. The molecule has 0 aliphatic heterocycles. The van der Waals surface area contributed by atoms with E-state index in [2.05, 4.69) is 6.42 Å². The maximum atomic E-state index is 5.65. The normalized spacial score (nSPS) is 10.6. The molecule has 1 rings (SSSR count). The molecular weight excluding hydrogens is 174 g/mol. The lowest BCUT2D eigenvalue weighted by molar-refractivity contribution is 0.242. The van der Waals surface area contributed by atoms with Crippen LogP contribution < -0.4 is 10.5 Å². The van der Waals surface area contributed by atoms with E-state index in [4.69, 9.17) is 10.5 Å². The van der Waals surface area contributed by atoms with Crippen molar-refractivity contribution in [1.29, 1.82) is 0 Å². The summed E-state index contributed by atoms with van der Waals surface area (Å²) < 4.78 is 5.59. The number of hydrogen-bond donors (Lipinski definition) is 1. The maximum absolute atomic E-state index is 5.65. The Balaban J connectivity index is 2.89. The van der Waals surface area contributed by atoms with Crippen LogP contribution in [0.3, 0.4) is 0 Å². The van der Waals surface area contributed by atoms with Gasteiger partial charge in [0.1, 0.15) is 5.75 Å². The van der Waals surface area contributed by atoms with Gasteiger partial charge < -0.3 is 10.5 Å². The monoisotopic (exact) mass is 192 g/mol. The van der Waals surface area contributed by atoms with Crippen LogP contribution in [0.15, 0.2) is 18.2 Å². The third-order valence-corrected chi connectivity index (χ3v) is 2.02. The molecule has 2 N–H and O–H groups in total. The van der Waals surface area contributed by atoms with Crippen LogP contribution in [0.1, 0.15) is 31.9 Å². The minimum absolute atomic E-state index is 0.206.